The molecule has 2 rings (SSSR count). The van der Waals surface area contributed by atoms with Crippen molar-refractivity contribution in [2.75, 3.05) is 6.54 Å². The molecule has 16 heavy (non-hydrogen) atoms. The molecule has 0 spiro atoms. The molecule has 0 saturated heterocycles. The Balaban J connectivity index is 1.90. The fourth-order valence-electron chi connectivity index (χ4n) is 3.01. The van der Waals surface area contributed by atoms with Gasteiger partial charge in [0.1, 0.15) is 0 Å². The van der Waals surface area contributed by atoms with Crippen molar-refractivity contribution in [1.29, 1.82) is 0 Å². The number of aliphatic hydroxyl groups excluding tert-OH is 1. The third-order valence-electron chi connectivity index (χ3n) is 4.10. The summed E-state index contributed by atoms with van der Waals surface area (Å²) < 4.78 is 0. The van der Waals surface area contributed by atoms with Crippen molar-refractivity contribution in [3.63, 3.8) is 0 Å². The van der Waals surface area contributed by atoms with E-state index in [1.165, 1.54) is 32.1 Å². The average molecular weight is 225 g/mol. The van der Waals surface area contributed by atoms with Gasteiger partial charge in [-0.3, -0.25) is 4.79 Å². The van der Waals surface area contributed by atoms with Crippen molar-refractivity contribution in [3.8, 4) is 0 Å². The van der Waals surface area contributed by atoms with Crippen LogP contribution in [0.4, 0.5) is 0 Å². The van der Waals surface area contributed by atoms with Crippen molar-refractivity contribution < 1.29 is 9.90 Å². The minimum atomic E-state index is -0.223. The molecule has 3 nitrogen and oxygen atoms in total. The van der Waals surface area contributed by atoms with Gasteiger partial charge in [0.25, 0.3) is 0 Å². The summed E-state index contributed by atoms with van der Waals surface area (Å²) in [4.78, 5) is 14.3. The summed E-state index contributed by atoms with van der Waals surface area (Å²) in [6.07, 6.45) is 7.35. The third-order valence-corrected chi connectivity index (χ3v) is 4.10. The number of carbonyl (C=O) groups is 1. The number of amides is 1. The summed E-state index contributed by atoms with van der Waals surface area (Å²) >= 11 is 0. The maximum absolute atomic E-state index is 12.2. The molecule has 2 aliphatic rings. The number of nitrogens with zero attached hydrogens (tertiary/aromatic N) is 1. The predicted molar refractivity (Wildman–Crippen MR) is 63.0 cm³/mol. The lowest BCUT2D eigenvalue weighted by molar-refractivity contribution is -0.145. The molecule has 0 aromatic rings. The standard InChI is InChI=1S/C13H23NO2/c1-2-14(11-6-4-3-5-7-11)13(16)10-8-12(15)9-10/h10-12,15H,2-9H2,1H3. The second-order valence-electron chi connectivity index (χ2n) is 5.24. The van der Waals surface area contributed by atoms with Crippen LogP contribution < -0.4 is 0 Å². The summed E-state index contributed by atoms with van der Waals surface area (Å²) in [6.45, 7) is 2.90. The first kappa shape index (κ1) is 11.9. The Morgan fingerprint density at radius 2 is 1.88 bits per heavy atom. The first-order valence-corrected chi connectivity index (χ1v) is 6.71. The van der Waals surface area contributed by atoms with E-state index >= 15 is 0 Å². The molecule has 2 aliphatic carbocycles. The molecule has 0 unspecified atom stereocenters. The number of aliphatic hydroxyl groups is 1. The Labute approximate surface area is 97.8 Å². The van der Waals surface area contributed by atoms with Crippen LogP contribution in [0.3, 0.4) is 0 Å². The summed E-state index contributed by atoms with van der Waals surface area (Å²) in [7, 11) is 0. The van der Waals surface area contributed by atoms with Crippen LogP contribution in [-0.2, 0) is 4.79 Å². The summed E-state index contributed by atoms with van der Waals surface area (Å²) in [6, 6.07) is 0.476. The van der Waals surface area contributed by atoms with E-state index in [0.717, 1.165) is 6.54 Å². The maximum atomic E-state index is 12.2. The number of hydrogen-bond donors (Lipinski definition) is 1. The van der Waals surface area contributed by atoms with E-state index in [1.807, 2.05) is 0 Å². The van der Waals surface area contributed by atoms with Gasteiger partial charge in [0.15, 0.2) is 0 Å². The van der Waals surface area contributed by atoms with E-state index in [0.29, 0.717) is 24.8 Å². The lowest BCUT2D eigenvalue weighted by Crippen LogP contribution is -2.48. The largest absolute Gasteiger partial charge is 0.393 e. The molecule has 0 aromatic heterocycles. The molecule has 3 heteroatoms. The van der Waals surface area contributed by atoms with Crippen LogP contribution in [0, 0.1) is 5.92 Å². The van der Waals surface area contributed by atoms with Gasteiger partial charge in [-0.05, 0) is 32.6 Å². The summed E-state index contributed by atoms with van der Waals surface area (Å²) in [5.74, 6) is 0.400. The third kappa shape index (κ3) is 2.40. The van der Waals surface area contributed by atoms with Crippen molar-refractivity contribution >= 4 is 5.91 Å². The van der Waals surface area contributed by atoms with E-state index in [-0.39, 0.29) is 12.0 Å². The number of hydrogen-bond acceptors (Lipinski definition) is 2. The van der Waals surface area contributed by atoms with E-state index in [2.05, 4.69) is 11.8 Å². The smallest absolute Gasteiger partial charge is 0.226 e. The van der Waals surface area contributed by atoms with E-state index in [1.54, 1.807) is 0 Å². The molecular weight excluding hydrogens is 202 g/mol. The fraction of sp³-hybridized carbons (Fsp3) is 0.923. The second kappa shape index (κ2) is 5.17. The van der Waals surface area contributed by atoms with Gasteiger partial charge in [0.05, 0.1) is 6.10 Å². The average Bonchev–Trinajstić information content (AvgIpc) is 2.27. The first-order valence-electron chi connectivity index (χ1n) is 6.71. The normalized spacial score (nSPS) is 30.9. The van der Waals surface area contributed by atoms with E-state index in [4.69, 9.17) is 0 Å². The van der Waals surface area contributed by atoms with Gasteiger partial charge < -0.3 is 10.0 Å². The topological polar surface area (TPSA) is 40.5 Å². The lowest BCUT2D eigenvalue weighted by atomic mass is 9.80. The highest BCUT2D eigenvalue weighted by molar-refractivity contribution is 5.80. The van der Waals surface area contributed by atoms with Gasteiger partial charge in [-0.1, -0.05) is 19.3 Å². The molecule has 0 aromatic carbocycles. The SMILES string of the molecule is CCN(C(=O)C1CC(O)C1)C1CCCCC1. The Hall–Kier alpha value is -0.570. The summed E-state index contributed by atoms with van der Waals surface area (Å²) in [5.41, 5.74) is 0. The van der Waals surface area contributed by atoms with Crippen LogP contribution in [0.1, 0.15) is 51.9 Å². The Morgan fingerprint density at radius 1 is 1.25 bits per heavy atom. The van der Waals surface area contributed by atoms with Crippen LogP contribution in [0.5, 0.6) is 0 Å². The zero-order valence-corrected chi connectivity index (χ0v) is 10.2. The highest BCUT2D eigenvalue weighted by Gasteiger charge is 2.37. The maximum Gasteiger partial charge on any atom is 0.226 e. The van der Waals surface area contributed by atoms with Crippen molar-refractivity contribution in [1.82, 2.24) is 4.90 Å². The molecule has 2 fully saturated rings. The Kier molecular flexibility index (Phi) is 3.85. The zero-order valence-electron chi connectivity index (χ0n) is 10.2. The fourth-order valence-corrected chi connectivity index (χ4v) is 3.01. The molecule has 2 saturated carbocycles. The summed E-state index contributed by atoms with van der Waals surface area (Å²) in [5, 5.41) is 9.26. The quantitative estimate of drug-likeness (QED) is 0.797. The van der Waals surface area contributed by atoms with Gasteiger partial charge in [-0.25, -0.2) is 0 Å². The second-order valence-corrected chi connectivity index (χ2v) is 5.24. The molecule has 0 aliphatic heterocycles. The minimum Gasteiger partial charge on any atom is -0.393 e. The van der Waals surface area contributed by atoms with Gasteiger partial charge >= 0.3 is 0 Å². The Morgan fingerprint density at radius 3 is 2.38 bits per heavy atom. The van der Waals surface area contributed by atoms with E-state index < -0.39 is 0 Å². The highest BCUT2D eigenvalue weighted by atomic mass is 16.3. The van der Waals surface area contributed by atoms with Gasteiger partial charge in [-0.15, -0.1) is 0 Å². The predicted octanol–water partition coefficient (Wildman–Crippen LogP) is 1.94. The van der Waals surface area contributed by atoms with Crippen molar-refractivity contribution in [2.24, 2.45) is 5.92 Å². The zero-order chi connectivity index (χ0) is 11.5. The van der Waals surface area contributed by atoms with Crippen LogP contribution >= 0.6 is 0 Å². The van der Waals surface area contributed by atoms with Crippen LogP contribution in [0.15, 0.2) is 0 Å². The van der Waals surface area contributed by atoms with Crippen molar-refractivity contribution in [3.05, 3.63) is 0 Å². The van der Waals surface area contributed by atoms with Crippen LogP contribution in [-0.4, -0.2) is 34.6 Å². The molecule has 1 amide bonds. The van der Waals surface area contributed by atoms with Gasteiger partial charge in [0, 0.05) is 18.5 Å². The molecule has 92 valence electrons. The first-order chi connectivity index (χ1) is 7.72. The van der Waals surface area contributed by atoms with Crippen LogP contribution in [0.2, 0.25) is 0 Å². The van der Waals surface area contributed by atoms with Crippen LogP contribution in [0.25, 0.3) is 0 Å². The minimum absolute atomic E-state index is 0.108. The molecular formula is C13H23NO2. The Bertz CT molecular complexity index is 242. The molecule has 0 atom stereocenters. The van der Waals surface area contributed by atoms with Gasteiger partial charge in [-0.2, -0.15) is 0 Å². The molecule has 0 bridgehead atoms. The monoisotopic (exact) mass is 225 g/mol. The highest BCUT2D eigenvalue weighted by Crippen LogP contribution is 2.31. The molecule has 0 radical (unpaired) electrons. The van der Waals surface area contributed by atoms with Gasteiger partial charge in [0.2, 0.25) is 5.91 Å². The number of rotatable bonds is 3. The lowest BCUT2D eigenvalue weighted by Gasteiger charge is -2.39. The molecule has 0 heterocycles. The van der Waals surface area contributed by atoms with Crippen molar-refractivity contribution in [2.45, 2.75) is 64.0 Å². The number of carbonyl (C=O) groups excluding carboxylic acids is 1. The van der Waals surface area contributed by atoms with E-state index in [9.17, 15) is 9.90 Å². The molecule has 1 N–H and O–H groups in total.